The third-order valence-electron chi connectivity index (χ3n) is 9.48. The highest BCUT2D eigenvalue weighted by Crippen LogP contribution is 2.43. The standard InChI is InChI=1S/C33H42O19/c1-11-22(37)25(40)28(43)31(47-11)46-10-20-24(39)27(42)30(45)33(52-20)49-14-6-15(35)21-16(36)8-17(50-18(21)7-14)12-2-4-13(5-3-12)48-32-29(44)26(41)23(38)19(9-34)51-32/h2-7,11,17,19-20,22-35,37-45H,8-10H2,1H3/t11-,17-,19-,20-,22-,23-,24-,25-,26-,27-,28+,29-,30-,31+,32-,33-/m0/s1. The van der Waals surface area contributed by atoms with Gasteiger partial charge in [0.2, 0.25) is 12.6 Å². The average molecular weight is 743 g/mol. The Morgan fingerprint density at radius 3 is 1.87 bits per heavy atom. The van der Waals surface area contributed by atoms with Crippen LogP contribution in [0.3, 0.4) is 0 Å². The topological polar surface area (TPSA) is 304 Å². The molecule has 0 bridgehead atoms. The van der Waals surface area contributed by atoms with Crippen molar-refractivity contribution in [2.45, 2.75) is 112 Å². The first-order chi connectivity index (χ1) is 24.7. The van der Waals surface area contributed by atoms with Gasteiger partial charge in [0.05, 0.1) is 25.7 Å². The summed E-state index contributed by atoms with van der Waals surface area (Å²) in [6.45, 7) is 0.293. The second-order valence-corrected chi connectivity index (χ2v) is 13.1. The van der Waals surface area contributed by atoms with E-state index >= 15 is 0 Å². The second kappa shape index (κ2) is 15.6. The predicted octanol–water partition coefficient (Wildman–Crippen LogP) is -3.69. The maximum absolute atomic E-state index is 13.1. The zero-order valence-corrected chi connectivity index (χ0v) is 27.5. The van der Waals surface area contributed by atoms with Crippen molar-refractivity contribution in [3.05, 3.63) is 47.5 Å². The Bertz CT molecular complexity index is 1540. The largest absolute Gasteiger partial charge is 0.507 e. The van der Waals surface area contributed by atoms with Crippen LogP contribution < -0.4 is 14.2 Å². The minimum Gasteiger partial charge on any atom is -0.507 e. The number of benzene rings is 2. The molecule has 3 fully saturated rings. The number of rotatable bonds is 9. The molecule has 288 valence electrons. The number of carbonyl (C=O) groups is 1. The van der Waals surface area contributed by atoms with Crippen LogP contribution in [0.5, 0.6) is 23.0 Å². The lowest BCUT2D eigenvalue weighted by molar-refractivity contribution is -0.318. The van der Waals surface area contributed by atoms with Gasteiger partial charge in [0.25, 0.3) is 0 Å². The number of phenolic OH excluding ortho intramolecular Hbond substituents is 1. The number of hydrogen-bond donors (Lipinski definition) is 11. The highest BCUT2D eigenvalue weighted by atomic mass is 16.7. The van der Waals surface area contributed by atoms with Crippen molar-refractivity contribution in [1.82, 2.24) is 0 Å². The number of phenols is 1. The summed E-state index contributed by atoms with van der Waals surface area (Å²) in [6, 6.07) is 8.41. The molecule has 0 aliphatic carbocycles. The highest BCUT2D eigenvalue weighted by Gasteiger charge is 2.48. The fourth-order valence-corrected chi connectivity index (χ4v) is 6.36. The van der Waals surface area contributed by atoms with Crippen LogP contribution in [0.2, 0.25) is 0 Å². The number of aliphatic hydroxyl groups excluding tert-OH is 10. The minimum atomic E-state index is -1.81. The van der Waals surface area contributed by atoms with E-state index in [1.165, 1.54) is 25.1 Å². The fraction of sp³-hybridized carbons (Fsp3) is 0.606. The van der Waals surface area contributed by atoms with E-state index in [9.17, 15) is 61.0 Å². The highest BCUT2D eigenvalue weighted by molar-refractivity contribution is 6.02. The second-order valence-electron chi connectivity index (χ2n) is 13.1. The Morgan fingerprint density at radius 2 is 1.23 bits per heavy atom. The summed E-state index contributed by atoms with van der Waals surface area (Å²) in [7, 11) is 0. The van der Waals surface area contributed by atoms with E-state index in [0.29, 0.717) is 5.56 Å². The number of hydrogen-bond acceptors (Lipinski definition) is 19. The Hall–Kier alpha value is -3.25. The van der Waals surface area contributed by atoms with Gasteiger partial charge >= 0.3 is 0 Å². The van der Waals surface area contributed by atoms with E-state index in [2.05, 4.69) is 0 Å². The fourth-order valence-electron chi connectivity index (χ4n) is 6.36. The van der Waals surface area contributed by atoms with Gasteiger partial charge in [0, 0.05) is 12.1 Å². The number of Topliss-reactive ketones (excluding diaryl/α,β-unsaturated/α-hetero) is 1. The van der Waals surface area contributed by atoms with Crippen molar-refractivity contribution in [3.8, 4) is 23.0 Å². The third-order valence-corrected chi connectivity index (χ3v) is 9.48. The first-order valence-electron chi connectivity index (χ1n) is 16.5. The maximum atomic E-state index is 13.1. The maximum Gasteiger partial charge on any atom is 0.229 e. The first-order valence-corrected chi connectivity index (χ1v) is 16.5. The van der Waals surface area contributed by atoms with Gasteiger partial charge in [-0.2, -0.15) is 0 Å². The molecular formula is C33H42O19. The van der Waals surface area contributed by atoms with Crippen LogP contribution in [0.25, 0.3) is 0 Å². The van der Waals surface area contributed by atoms with E-state index in [1.54, 1.807) is 12.1 Å². The number of fused-ring (bicyclic) bond motifs is 1. The van der Waals surface area contributed by atoms with Gasteiger partial charge in [0.15, 0.2) is 12.1 Å². The van der Waals surface area contributed by atoms with Gasteiger partial charge in [-0.3, -0.25) is 4.79 Å². The zero-order valence-electron chi connectivity index (χ0n) is 27.5. The molecule has 2 aromatic carbocycles. The number of carbonyl (C=O) groups excluding carboxylic acids is 1. The molecule has 4 aliphatic heterocycles. The molecule has 6 rings (SSSR count). The molecule has 0 radical (unpaired) electrons. The van der Waals surface area contributed by atoms with Crippen LogP contribution in [0.4, 0.5) is 0 Å². The molecule has 0 unspecified atom stereocenters. The molecule has 0 amide bonds. The number of aliphatic hydroxyl groups is 10. The Balaban J connectivity index is 1.12. The van der Waals surface area contributed by atoms with Crippen LogP contribution in [-0.2, 0) is 18.9 Å². The molecule has 4 heterocycles. The van der Waals surface area contributed by atoms with Crippen LogP contribution in [0, 0.1) is 0 Å². The van der Waals surface area contributed by atoms with Crippen LogP contribution in [0.1, 0.15) is 35.4 Å². The zero-order chi connectivity index (χ0) is 37.6. The molecule has 0 saturated carbocycles. The minimum absolute atomic E-state index is 0.0815. The summed E-state index contributed by atoms with van der Waals surface area (Å²) in [5.74, 6) is -1.04. The van der Waals surface area contributed by atoms with Crippen molar-refractivity contribution in [2.75, 3.05) is 13.2 Å². The molecule has 19 heteroatoms. The molecule has 19 nitrogen and oxygen atoms in total. The van der Waals surface area contributed by atoms with E-state index in [-0.39, 0.29) is 29.2 Å². The summed E-state index contributed by atoms with van der Waals surface area (Å²) in [5, 5.41) is 112. The smallest absolute Gasteiger partial charge is 0.229 e. The van der Waals surface area contributed by atoms with Gasteiger partial charge < -0.3 is 89.3 Å². The van der Waals surface area contributed by atoms with Crippen molar-refractivity contribution < 1.29 is 94.1 Å². The average Bonchev–Trinajstić information content (AvgIpc) is 3.12. The van der Waals surface area contributed by atoms with Crippen LogP contribution >= 0.6 is 0 Å². The summed E-state index contributed by atoms with van der Waals surface area (Å²) in [5.41, 5.74) is 0.367. The molecule has 0 spiro atoms. The van der Waals surface area contributed by atoms with E-state index in [0.717, 1.165) is 6.07 Å². The van der Waals surface area contributed by atoms with Gasteiger partial charge in [-0.1, -0.05) is 12.1 Å². The molecule has 0 aromatic heterocycles. The van der Waals surface area contributed by atoms with E-state index < -0.39 is 123 Å². The van der Waals surface area contributed by atoms with Gasteiger partial charge in [-0.15, -0.1) is 0 Å². The third kappa shape index (κ3) is 7.56. The van der Waals surface area contributed by atoms with Crippen LogP contribution in [-0.4, -0.2) is 167 Å². The van der Waals surface area contributed by atoms with Crippen molar-refractivity contribution in [2.24, 2.45) is 0 Å². The Labute approximate surface area is 295 Å². The summed E-state index contributed by atoms with van der Waals surface area (Å²) in [6.07, 6.45) is -23.7. The summed E-state index contributed by atoms with van der Waals surface area (Å²) < 4.78 is 39.2. The Kier molecular flexibility index (Phi) is 11.6. The molecule has 3 saturated heterocycles. The van der Waals surface area contributed by atoms with Gasteiger partial charge in [-0.05, 0) is 24.6 Å². The molecule has 11 N–H and O–H groups in total. The summed E-state index contributed by atoms with van der Waals surface area (Å²) in [4.78, 5) is 13.1. The number of ketones is 1. The van der Waals surface area contributed by atoms with Crippen molar-refractivity contribution in [1.29, 1.82) is 0 Å². The van der Waals surface area contributed by atoms with Crippen molar-refractivity contribution >= 4 is 5.78 Å². The lowest BCUT2D eigenvalue weighted by atomic mass is 9.95. The molecule has 16 atom stereocenters. The van der Waals surface area contributed by atoms with E-state index in [1.807, 2.05) is 0 Å². The lowest BCUT2D eigenvalue weighted by Crippen LogP contribution is -2.61. The quantitative estimate of drug-likeness (QED) is 0.118. The van der Waals surface area contributed by atoms with Gasteiger partial charge in [0.1, 0.15) is 102 Å². The molecule has 4 aliphatic rings. The normalized spacial score (nSPS) is 40.8. The predicted molar refractivity (Wildman–Crippen MR) is 167 cm³/mol. The van der Waals surface area contributed by atoms with Crippen LogP contribution in [0.15, 0.2) is 36.4 Å². The Morgan fingerprint density at radius 1 is 0.673 bits per heavy atom. The SMILES string of the molecule is C[C@@H]1O[C@@H](OC[C@@H]2O[C@H](Oc3cc(O)c4c(c3)O[C@H](c3ccc(O[C@H]5O[C@@H](CO)[C@H](O)[C@H](O)[C@@H]5O)cc3)CC4=O)[C@@H](O)[C@@H](O)[C@H]2O)[C@H](O)[C@@H](O)[C@H]1O. The van der Waals surface area contributed by atoms with E-state index in [4.69, 9.17) is 33.2 Å². The number of aromatic hydroxyl groups is 1. The van der Waals surface area contributed by atoms with Crippen molar-refractivity contribution in [3.63, 3.8) is 0 Å². The number of ether oxygens (including phenoxy) is 7. The lowest BCUT2D eigenvalue weighted by Gasteiger charge is -2.42. The first kappa shape index (κ1) is 38.5. The summed E-state index contributed by atoms with van der Waals surface area (Å²) >= 11 is 0. The molecule has 2 aromatic rings. The van der Waals surface area contributed by atoms with Gasteiger partial charge in [-0.25, -0.2) is 0 Å². The molecular weight excluding hydrogens is 700 g/mol. The monoisotopic (exact) mass is 742 g/mol. The molecule has 52 heavy (non-hydrogen) atoms.